The van der Waals surface area contributed by atoms with Gasteiger partial charge in [-0.25, -0.2) is 0 Å². The molecule has 4 heteroatoms. The lowest BCUT2D eigenvalue weighted by Crippen LogP contribution is -2.16. The molecule has 110 valence electrons. The number of nitrogens with zero attached hydrogens (tertiary/aromatic N) is 2. The third-order valence-electron chi connectivity index (χ3n) is 3.31. The molecule has 0 aliphatic carbocycles. The zero-order valence-corrected chi connectivity index (χ0v) is 12.9. The summed E-state index contributed by atoms with van der Waals surface area (Å²) >= 11 is 0. The molecule has 0 amide bonds. The van der Waals surface area contributed by atoms with Crippen molar-refractivity contribution in [2.24, 2.45) is 0 Å². The summed E-state index contributed by atoms with van der Waals surface area (Å²) < 4.78 is 5.34. The number of hydrogen-bond acceptors (Lipinski definition) is 4. The molecule has 4 nitrogen and oxygen atoms in total. The highest BCUT2D eigenvalue weighted by Crippen LogP contribution is 2.28. The number of aromatic nitrogens is 1. The van der Waals surface area contributed by atoms with Crippen LogP contribution in [0.3, 0.4) is 0 Å². The molecule has 0 saturated heterocycles. The van der Waals surface area contributed by atoms with E-state index in [1.54, 1.807) is 12.5 Å². The highest BCUT2D eigenvalue weighted by molar-refractivity contribution is 6.17. The van der Waals surface area contributed by atoms with Crippen molar-refractivity contribution >= 4 is 17.4 Å². The van der Waals surface area contributed by atoms with Crippen LogP contribution in [0.1, 0.15) is 22.6 Å². The average molecular weight is 284 g/mol. The minimum absolute atomic E-state index is 0.667. The number of aldehydes is 1. The van der Waals surface area contributed by atoms with Gasteiger partial charge in [0.05, 0.1) is 6.26 Å². The summed E-state index contributed by atoms with van der Waals surface area (Å²) in [6.45, 7) is 4.48. The topological polar surface area (TPSA) is 46.3 Å². The maximum Gasteiger partial charge on any atom is 0.151 e. The van der Waals surface area contributed by atoms with Crippen molar-refractivity contribution in [3.63, 3.8) is 0 Å². The van der Waals surface area contributed by atoms with E-state index in [9.17, 15) is 4.79 Å². The molecule has 0 bridgehead atoms. The first-order chi connectivity index (χ1) is 10.0. The predicted molar refractivity (Wildman–Crippen MR) is 83.9 cm³/mol. The number of carbonyl (C=O) groups is 1. The molecule has 0 radical (unpaired) electrons. The number of furan rings is 1. The van der Waals surface area contributed by atoms with E-state index in [1.807, 2.05) is 51.0 Å². The van der Waals surface area contributed by atoms with E-state index in [-0.39, 0.29) is 0 Å². The van der Waals surface area contributed by atoms with Gasteiger partial charge in [0.25, 0.3) is 0 Å². The Balaban J connectivity index is 2.64. The molecule has 2 rings (SSSR count). The second kappa shape index (κ2) is 6.50. The molecule has 0 spiro atoms. The van der Waals surface area contributed by atoms with Crippen molar-refractivity contribution in [3.05, 3.63) is 53.2 Å². The van der Waals surface area contributed by atoms with Gasteiger partial charge < -0.3 is 9.32 Å². The molecule has 2 heterocycles. The lowest BCUT2D eigenvalue weighted by atomic mass is 9.95. The van der Waals surface area contributed by atoms with Gasteiger partial charge in [-0.15, -0.1) is 0 Å². The maximum atomic E-state index is 11.7. The molecule has 2 aromatic rings. The first kappa shape index (κ1) is 15.2. The van der Waals surface area contributed by atoms with Crippen molar-refractivity contribution < 1.29 is 9.21 Å². The molecule has 0 aliphatic heterocycles. The molecule has 0 aromatic carbocycles. The second-order valence-corrected chi connectivity index (χ2v) is 5.32. The molecule has 0 unspecified atom stereocenters. The van der Waals surface area contributed by atoms with Crippen molar-refractivity contribution in [1.29, 1.82) is 0 Å². The van der Waals surface area contributed by atoms with Crippen molar-refractivity contribution in [2.75, 3.05) is 20.6 Å². The number of hydrogen-bond donors (Lipinski definition) is 0. The largest absolute Gasteiger partial charge is 0.469 e. The standard InChI is InChI=1S/C17H20N2O2/c1-12-9-14(5-7-18-12)16(10-19(3)4)17(11-20)15-6-8-21-13(15)2/h5-9,11H,10H2,1-4H3. The van der Waals surface area contributed by atoms with Crippen LogP contribution in [0, 0.1) is 13.8 Å². The van der Waals surface area contributed by atoms with E-state index >= 15 is 0 Å². The Morgan fingerprint density at radius 1 is 1.33 bits per heavy atom. The van der Waals surface area contributed by atoms with Gasteiger partial charge in [0, 0.05) is 29.6 Å². The van der Waals surface area contributed by atoms with Gasteiger partial charge in [0.15, 0.2) is 6.29 Å². The molecule has 21 heavy (non-hydrogen) atoms. The number of aryl methyl sites for hydroxylation is 2. The van der Waals surface area contributed by atoms with E-state index in [2.05, 4.69) is 4.98 Å². The van der Waals surface area contributed by atoms with Crippen LogP contribution < -0.4 is 0 Å². The summed E-state index contributed by atoms with van der Waals surface area (Å²) in [5.74, 6) is 0.749. The minimum Gasteiger partial charge on any atom is -0.469 e. The predicted octanol–water partition coefficient (Wildman–Crippen LogP) is 2.96. The third-order valence-corrected chi connectivity index (χ3v) is 3.31. The number of likely N-dealkylation sites (N-methyl/N-ethyl adjacent to an activating group) is 1. The molecule has 2 aromatic heterocycles. The van der Waals surface area contributed by atoms with Gasteiger partial charge >= 0.3 is 0 Å². The Morgan fingerprint density at radius 2 is 2.10 bits per heavy atom. The first-order valence-electron chi connectivity index (χ1n) is 6.83. The molecule has 0 fully saturated rings. The quantitative estimate of drug-likeness (QED) is 0.625. The maximum absolute atomic E-state index is 11.7. The lowest BCUT2D eigenvalue weighted by Gasteiger charge is -2.17. The highest BCUT2D eigenvalue weighted by Gasteiger charge is 2.15. The zero-order chi connectivity index (χ0) is 15.4. The van der Waals surface area contributed by atoms with E-state index in [4.69, 9.17) is 4.42 Å². The molecular formula is C17H20N2O2. The smallest absolute Gasteiger partial charge is 0.151 e. The summed E-state index contributed by atoms with van der Waals surface area (Å²) in [4.78, 5) is 18.0. The van der Waals surface area contributed by atoms with Crippen LogP contribution in [-0.2, 0) is 4.79 Å². The number of carbonyl (C=O) groups excluding carboxylic acids is 1. The third kappa shape index (κ3) is 3.47. The normalized spacial score (nSPS) is 12.4. The fourth-order valence-electron chi connectivity index (χ4n) is 2.34. The van der Waals surface area contributed by atoms with E-state index < -0.39 is 0 Å². The van der Waals surface area contributed by atoms with Crippen LogP contribution in [0.15, 0.2) is 35.1 Å². The minimum atomic E-state index is 0.667. The Bertz CT molecular complexity index is 669. The zero-order valence-electron chi connectivity index (χ0n) is 12.9. The fraction of sp³-hybridized carbons (Fsp3) is 0.294. The van der Waals surface area contributed by atoms with Crippen LogP contribution in [0.5, 0.6) is 0 Å². The van der Waals surface area contributed by atoms with E-state index in [0.717, 1.165) is 34.4 Å². The second-order valence-electron chi connectivity index (χ2n) is 5.32. The highest BCUT2D eigenvalue weighted by atomic mass is 16.3. The Morgan fingerprint density at radius 3 is 2.62 bits per heavy atom. The van der Waals surface area contributed by atoms with Gasteiger partial charge in [0.1, 0.15) is 5.76 Å². The summed E-state index contributed by atoms with van der Waals surface area (Å²) in [6.07, 6.45) is 4.29. The lowest BCUT2D eigenvalue weighted by molar-refractivity contribution is -0.103. The number of rotatable bonds is 5. The molecule has 0 N–H and O–H groups in total. The SMILES string of the molecule is Cc1cc(C(CN(C)C)=C(C=O)c2ccoc2C)ccn1. The van der Waals surface area contributed by atoms with Crippen molar-refractivity contribution in [1.82, 2.24) is 9.88 Å². The summed E-state index contributed by atoms with van der Waals surface area (Å²) in [5.41, 5.74) is 4.43. The van der Waals surface area contributed by atoms with Crippen LogP contribution in [0.4, 0.5) is 0 Å². The fourth-order valence-corrected chi connectivity index (χ4v) is 2.34. The Hall–Kier alpha value is -2.20. The molecular weight excluding hydrogens is 264 g/mol. The Kier molecular flexibility index (Phi) is 4.70. The van der Waals surface area contributed by atoms with Crippen molar-refractivity contribution in [3.8, 4) is 0 Å². The summed E-state index contributed by atoms with van der Waals surface area (Å²) in [6, 6.07) is 5.77. The van der Waals surface area contributed by atoms with Gasteiger partial charge in [-0.2, -0.15) is 0 Å². The van der Waals surface area contributed by atoms with Crippen LogP contribution in [-0.4, -0.2) is 36.8 Å². The number of allylic oxidation sites excluding steroid dienone is 1. The monoisotopic (exact) mass is 284 g/mol. The van der Waals surface area contributed by atoms with Crippen LogP contribution in [0.2, 0.25) is 0 Å². The summed E-state index contributed by atoms with van der Waals surface area (Å²) in [7, 11) is 3.97. The van der Waals surface area contributed by atoms with Crippen LogP contribution in [0.25, 0.3) is 11.1 Å². The summed E-state index contributed by atoms with van der Waals surface area (Å²) in [5, 5.41) is 0. The van der Waals surface area contributed by atoms with Gasteiger partial charge in [0.2, 0.25) is 0 Å². The van der Waals surface area contributed by atoms with Crippen LogP contribution >= 0.6 is 0 Å². The van der Waals surface area contributed by atoms with E-state index in [1.165, 1.54) is 0 Å². The molecule has 0 aliphatic rings. The Labute approximate surface area is 125 Å². The van der Waals surface area contributed by atoms with Gasteiger partial charge in [-0.3, -0.25) is 9.78 Å². The first-order valence-corrected chi connectivity index (χ1v) is 6.83. The molecule has 0 saturated carbocycles. The van der Waals surface area contributed by atoms with Crippen molar-refractivity contribution in [2.45, 2.75) is 13.8 Å². The van der Waals surface area contributed by atoms with Gasteiger partial charge in [-0.1, -0.05) is 0 Å². The van der Waals surface area contributed by atoms with E-state index in [0.29, 0.717) is 12.1 Å². The average Bonchev–Trinajstić information content (AvgIpc) is 2.84. The number of pyridine rings is 1. The molecule has 0 atom stereocenters. The van der Waals surface area contributed by atoms with Gasteiger partial charge in [-0.05, 0) is 57.3 Å².